The highest BCUT2D eigenvalue weighted by Gasteiger charge is 2.18. The largest absolute Gasteiger partial charge is 0.353 e. The first-order valence-corrected chi connectivity index (χ1v) is 5.65. The highest BCUT2D eigenvalue weighted by molar-refractivity contribution is 5.94. The Morgan fingerprint density at radius 2 is 2.17 bits per heavy atom. The number of carbonyl (C=O) groups excluding carboxylic acids is 2. The van der Waals surface area contributed by atoms with E-state index in [-0.39, 0.29) is 24.2 Å². The van der Waals surface area contributed by atoms with Crippen LogP contribution in [-0.4, -0.2) is 36.3 Å². The van der Waals surface area contributed by atoms with Crippen molar-refractivity contribution in [2.24, 2.45) is 0 Å². The summed E-state index contributed by atoms with van der Waals surface area (Å²) in [5.41, 5.74) is 0.354. The number of benzene rings is 1. The average Bonchev–Trinajstić information content (AvgIpc) is 2.37. The third-order valence-corrected chi connectivity index (χ3v) is 2.66. The molecule has 1 heterocycles. The molecule has 1 saturated heterocycles. The first-order chi connectivity index (χ1) is 8.66. The van der Waals surface area contributed by atoms with Crippen LogP contribution in [0.5, 0.6) is 0 Å². The van der Waals surface area contributed by atoms with Crippen molar-refractivity contribution >= 4 is 17.9 Å². The molecule has 0 bridgehead atoms. The van der Waals surface area contributed by atoms with Gasteiger partial charge in [-0.3, -0.25) is 9.59 Å². The number of rotatable bonds is 2. The molecule has 0 radical (unpaired) electrons. The predicted molar refractivity (Wildman–Crippen MR) is 65.0 cm³/mol. The van der Waals surface area contributed by atoms with Gasteiger partial charge in [0.05, 0.1) is 6.54 Å². The molecule has 0 unspecified atom stereocenters. The van der Waals surface area contributed by atoms with Crippen LogP contribution in [0.15, 0.2) is 30.3 Å². The number of halogens is 1. The van der Waals surface area contributed by atoms with Crippen molar-refractivity contribution in [2.75, 3.05) is 19.6 Å². The summed E-state index contributed by atoms with van der Waals surface area (Å²) in [4.78, 5) is 24.3. The summed E-state index contributed by atoms with van der Waals surface area (Å²) in [6.07, 6.45) is 2.71. The maximum Gasteiger partial charge on any atom is 0.247 e. The van der Waals surface area contributed by atoms with Crippen LogP contribution in [0.2, 0.25) is 0 Å². The molecular formula is C13H13FN2O2. The molecular weight excluding hydrogens is 235 g/mol. The molecule has 5 heteroatoms. The zero-order valence-corrected chi connectivity index (χ0v) is 9.73. The van der Waals surface area contributed by atoms with Gasteiger partial charge in [-0.15, -0.1) is 0 Å². The van der Waals surface area contributed by atoms with Gasteiger partial charge in [0.2, 0.25) is 11.8 Å². The van der Waals surface area contributed by atoms with Crippen molar-refractivity contribution in [3.8, 4) is 0 Å². The second kappa shape index (κ2) is 5.44. The Kier molecular flexibility index (Phi) is 3.72. The van der Waals surface area contributed by atoms with Gasteiger partial charge in [0.15, 0.2) is 0 Å². The number of piperazine rings is 1. The minimum Gasteiger partial charge on any atom is -0.353 e. The summed E-state index contributed by atoms with van der Waals surface area (Å²) >= 11 is 0. The molecule has 0 saturated carbocycles. The highest BCUT2D eigenvalue weighted by Crippen LogP contribution is 2.08. The molecule has 1 aliphatic rings. The summed E-state index contributed by atoms with van der Waals surface area (Å²) in [6, 6.07) is 6.20. The van der Waals surface area contributed by atoms with Crippen molar-refractivity contribution < 1.29 is 14.0 Å². The Morgan fingerprint density at radius 3 is 2.89 bits per heavy atom. The Bertz CT molecular complexity index is 500. The van der Waals surface area contributed by atoms with Gasteiger partial charge in [0.1, 0.15) is 5.82 Å². The van der Waals surface area contributed by atoms with E-state index in [4.69, 9.17) is 0 Å². The van der Waals surface area contributed by atoms with Gasteiger partial charge in [0, 0.05) is 24.7 Å². The molecule has 0 spiro atoms. The molecule has 1 aromatic rings. The van der Waals surface area contributed by atoms with E-state index in [9.17, 15) is 14.0 Å². The summed E-state index contributed by atoms with van der Waals surface area (Å²) in [5.74, 6) is -0.833. The SMILES string of the molecule is O=C1CN(C(=O)C=Cc2ccccc2F)CCN1. The van der Waals surface area contributed by atoms with E-state index >= 15 is 0 Å². The standard InChI is InChI=1S/C13H13FN2O2/c14-11-4-2-1-3-10(11)5-6-13(18)16-8-7-15-12(17)9-16/h1-6H,7-9H2,(H,15,17). The fourth-order valence-corrected chi connectivity index (χ4v) is 1.70. The zero-order valence-electron chi connectivity index (χ0n) is 9.73. The number of hydrogen-bond donors (Lipinski definition) is 1. The maximum absolute atomic E-state index is 13.3. The van der Waals surface area contributed by atoms with Crippen LogP contribution in [-0.2, 0) is 9.59 Å². The van der Waals surface area contributed by atoms with Gasteiger partial charge in [-0.25, -0.2) is 4.39 Å². The molecule has 1 fully saturated rings. The number of carbonyl (C=O) groups is 2. The fourth-order valence-electron chi connectivity index (χ4n) is 1.70. The summed E-state index contributed by atoms with van der Waals surface area (Å²) in [7, 11) is 0. The Labute approximate surface area is 104 Å². The van der Waals surface area contributed by atoms with Crippen LogP contribution in [0, 0.1) is 5.82 Å². The van der Waals surface area contributed by atoms with E-state index in [1.807, 2.05) is 0 Å². The van der Waals surface area contributed by atoms with Gasteiger partial charge >= 0.3 is 0 Å². The second-order valence-electron chi connectivity index (χ2n) is 3.96. The molecule has 2 amide bonds. The lowest BCUT2D eigenvalue weighted by molar-refractivity contribution is -0.134. The van der Waals surface area contributed by atoms with E-state index in [2.05, 4.69) is 5.32 Å². The van der Waals surface area contributed by atoms with Crippen molar-refractivity contribution in [3.63, 3.8) is 0 Å². The fraction of sp³-hybridized carbons (Fsp3) is 0.231. The third-order valence-electron chi connectivity index (χ3n) is 2.66. The van der Waals surface area contributed by atoms with Crippen LogP contribution >= 0.6 is 0 Å². The molecule has 1 aliphatic heterocycles. The minimum absolute atomic E-state index is 0.0560. The summed E-state index contributed by atoms with van der Waals surface area (Å²) in [6.45, 7) is 0.991. The van der Waals surface area contributed by atoms with Gasteiger partial charge < -0.3 is 10.2 Å². The lowest BCUT2D eigenvalue weighted by Gasteiger charge is -2.25. The molecule has 94 valence electrons. The molecule has 0 atom stereocenters. The second-order valence-corrected chi connectivity index (χ2v) is 3.96. The number of nitrogens with one attached hydrogen (secondary N) is 1. The molecule has 1 aromatic carbocycles. The minimum atomic E-state index is -0.377. The van der Waals surface area contributed by atoms with Crippen LogP contribution in [0.3, 0.4) is 0 Å². The molecule has 18 heavy (non-hydrogen) atoms. The van der Waals surface area contributed by atoms with E-state index in [1.165, 1.54) is 23.1 Å². The monoisotopic (exact) mass is 248 g/mol. The van der Waals surface area contributed by atoms with Crippen molar-refractivity contribution in [2.45, 2.75) is 0 Å². The van der Waals surface area contributed by atoms with Crippen molar-refractivity contribution in [1.82, 2.24) is 10.2 Å². The highest BCUT2D eigenvalue weighted by atomic mass is 19.1. The third kappa shape index (κ3) is 2.94. The lowest BCUT2D eigenvalue weighted by Crippen LogP contribution is -2.49. The summed E-state index contributed by atoms with van der Waals surface area (Å²) < 4.78 is 13.3. The van der Waals surface area contributed by atoms with Crippen LogP contribution in [0.4, 0.5) is 4.39 Å². The van der Waals surface area contributed by atoms with Crippen LogP contribution in [0.25, 0.3) is 6.08 Å². The van der Waals surface area contributed by atoms with Crippen LogP contribution < -0.4 is 5.32 Å². The van der Waals surface area contributed by atoms with E-state index in [0.717, 1.165) is 0 Å². The Balaban J connectivity index is 2.03. The van der Waals surface area contributed by atoms with Crippen molar-refractivity contribution in [3.05, 3.63) is 41.7 Å². The zero-order chi connectivity index (χ0) is 13.0. The van der Waals surface area contributed by atoms with Crippen molar-refractivity contribution in [1.29, 1.82) is 0 Å². The predicted octanol–water partition coefficient (Wildman–Crippen LogP) is 0.797. The smallest absolute Gasteiger partial charge is 0.247 e. The lowest BCUT2D eigenvalue weighted by atomic mass is 10.2. The van der Waals surface area contributed by atoms with Gasteiger partial charge in [-0.2, -0.15) is 0 Å². The van der Waals surface area contributed by atoms with Gasteiger partial charge in [-0.1, -0.05) is 18.2 Å². The first-order valence-electron chi connectivity index (χ1n) is 5.65. The molecule has 1 N–H and O–H groups in total. The summed E-state index contributed by atoms with van der Waals surface area (Å²) in [5, 5.41) is 2.63. The molecule has 2 rings (SSSR count). The Hall–Kier alpha value is -2.17. The van der Waals surface area contributed by atoms with E-state index in [1.54, 1.807) is 18.2 Å². The van der Waals surface area contributed by atoms with Crippen LogP contribution in [0.1, 0.15) is 5.56 Å². The van der Waals surface area contributed by atoms with Gasteiger partial charge in [-0.05, 0) is 12.1 Å². The maximum atomic E-state index is 13.3. The average molecular weight is 248 g/mol. The molecule has 4 nitrogen and oxygen atoms in total. The van der Waals surface area contributed by atoms with E-state index in [0.29, 0.717) is 18.7 Å². The first kappa shape index (κ1) is 12.3. The topological polar surface area (TPSA) is 49.4 Å². The van der Waals surface area contributed by atoms with Gasteiger partial charge in [0.25, 0.3) is 0 Å². The normalized spacial score (nSPS) is 15.8. The number of nitrogens with zero attached hydrogens (tertiary/aromatic N) is 1. The Morgan fingerprint density at radius 1 is 1.39 bits per heavy atom. The molecule has 0 aliphatic carbocycles. The quantitative estimate of drug-likeness (QED) is 0.787. The number of amides is 2. The number of hydrogen-bond acceptors (Lipinski definition) is 2. The van der Waals surface area contributed by atoms with E-state index < -0.39 is 0 Å². The molecule has 0 aromatic heterocycles.